The Balaban J connectivity index is 0.00000312. The number of likely N-dealkylation sites (tertiary alicyclic amines) is 1. The first-order valence-electron chi connectivity index (χ1n) is 8.96. The number of rotatable bonds is 7. The third kappa shape index (κ3) is 6.51. The molecular formula is C16H33IN4O3S. The molecular weight excluding hydrogens is 455 g/mol. The van der Waals surface area contributed by atoms with E-state index in [0.29, 0.717) is 25.0 Å². The van der Waals surface area contributed by atoms with Gasteiger partial charge in [-0.05, 0) is 26.2 Å². The van der Waals surface area contributed by atoms with Crippen molar-refractivity contribution < 1.29 is 13.2 Å². The molecule has 0 amide bonds. The SMILES string of the molecule is CCNC(=NCCCN(CC)S(C)(=O)=O)N1CCC2(CCOC2)C1.I. The molecule has 2 aliphatic heterocycles. The highest BCUT2D eigenvalue weighted by atomic mass is 127. The number of guanidine groups is 1. The first kappa shape index (κ1) is 22.9. The van der Waals surface area contributed by atoms with Crippen LogP contribution in [-0.4, -0.2) is 82.3 Å². The van der Waals surface area contributed by atoms with Crippen LogP contribution in [0.5, 0.6) is 0 Å². The summed E-state index contributed by atoms with van der Waals surface area (Å²) in [5.74, 6) is 0.948. The molecule has 2 aliphatic rings. The van der Waals surface area contributed by atoms with Gasteiger partial charge >= 0.3 is 0 Å². The summed E-state index contributed by atoms with van der Waals surface area (Å²) in [6.45, 7) is 10.2. The maximum atomic E-state index is 11.6. The van der Waals surface area contributed by atoms with Gasteiger partial charge in [0, 0.05) is 51.3 Å². The molecule has 0 radical (unpaired) electrons. The maximum absolute atomic E-state index is 11.6. The molecule has 2 rings (SSSR count). The van der Waals surface area contributed by atoms with Crippen molar-refractivity contribution in [2.75, 3.05) is 58.7 Å². The Kier molecular flexibility index (Phi) is 9.41. The van der Waals surface area contributed by atoms with E-state index in [0.717, 1.165) is 58.1 Å². The topological polar surface area (TPSA) is 74.2 Å². The lowest BCUT2D eigenvalue weighted by molar-refractivity contribution is 0.156. The molecule has 0 aliphatic carbocycles. The zero-order valence-corrected chi connectivity index (χ0v) is 18.8. The summed E-state index contributed by atoms with van der Waals surface area (Å²) in [5, 5.41) is 3.37. The van der Waals surface area contributed by atoms with Crippen molar-refractivity contribution in [1.29, 1.82) is 0 Å². The second-order valence-corrected chi connectivity index (χ2v) is 8.80. The van der Waals surface area contributed by atoms with Crippen LogP contribution in [0.1, 0.15) is 33.1 Å². The van der Waals surface area contributed by atoms with Gasteiger partial charge in [0.2, 0.25) is 10.0 Å². The lowest BCUT2D eigenvalue weighted by Crippen LogP contribution is -2.41. The molecule has 0 aromatic carbocycles. The first-order chi connectivity index (χ1) is 11.4. The number of hydrogen-bond donors (Lipinski definition) is 1. The molecule has 2 fully saturated rings. The van der Waals surface area contributed by atoms with Gasteiger partial charge in [-0.1, -0.05) is 6.92 Å². The Morgan fingerprint density at radius 2 is 2.12 bits per heavy atom. The van der Waals surface area contributed by atoms with Gasteiger partial charge in [0.05, 0.1) is 12.9 Å². The van der Waals surface area contributed by atoms with Gasteiger partial charge in [-0.2, -0.15) is 0 Å². The third-order valence-electron chi connectivity index (χ3n) is 4.91. The van der Waals surface area contributed by atoms with Gasteiger partial charge in [0.25, 0.3) is 0 Å². The second kappa shape index (κ2) is 10.3. The quantitative estimate of drug-likeness (QED) is 0.254. The van der Waals surface area contributed by atoms with Crippen LogP contribution >= 0.6 is 24.0 Å². The van der Waals surface area contributed by atoms with E-state index in [1.54, 1.807) is 0 Å². The van der Waals surface area contributed by atoms with Crippen LogP contribution in [0.25, 0.3) is 0 Å². The number of nitrogens with zero attached hydrogens (tertiary/aromatic N) is 3. The fraction of sp³-hybridized carbons (Fsp3) is 0.938. The summed E-state index contributed by atoms with van der Waals surface area (Å²) < 4.78 is 30.3. The summed E-state index contributed by atoms with van der Waals surface area (Å²) in [5.41, 5.74) is 0.311. The number of sulfonamides is 1. The van der Waals surface area contributed by atoms with Crippen molar-refractivity contribution in [3.8, 4) is 0 Å². The smallest absolute Gasteiger partial charge is 0.211 e. The van der Waals surface area contributed by atoms with E-state index < -0.39 is 10.0 Å². The summed E-state index contributed by atoms with van der Waals surface area (Å²) in [4.78, 5) is 7.03. The van der Waals surface area contributed by atoms with E-state index in [1.807, 2.05) is 6.92 Å². The molecule has 1 unspecified atom stereocenters. The minimum Gasteiger partial charge on any atom is -0.381 e. The average Bonchev–Trinajstić information content (AvgIpc) is 3.15. The van der Waals surface area contributed by atoms with Crippen LogP contribution < -0.4 is 5.32 Å². The van der Waals surface area contributed by atoms with E-state index >= 15 is 0 Å². The number of halogens is 1. The third-order valence-corrected chi connectivity index (χ3v) is 6.29. The van der Waals surface area contributed by atoms with Gasteiger partial charge in [0.15, 0.2) is 5.96 Å². The van der Waals surface area contributed by atoms with E-state index in [4.69, 9.17) is 9.73 Å². The Morgan fingerprint density at radius 1 is 1.36 bits per heavy atom. The average molecular weight is 488 g/mol. The number of aliphatic imine (C=N–C) groups is 1. The summed E-state index contributed by atoms with van der Waals surface area (Å²) in [7, 11) is -3.11. The highest BCUT2D eigenvalue weighted by Gasteiger charge is 2.42. The minimum atomic E-state index is -3.11. The van der Waals surface area contributed by atoms with Crippen LogP contribution in [0.2, 0.25) is 0 Å². The van der Waals surface area contributed by atoms with Gasteiger partial charge in [-0.15, -0.1) is 24.0 Å². The Labute approximate surface area is 169 Å². The zero-order valence-electron chi connectivity index (χ0n) is 15.7. The fourth-order valence-electron chi connectivity index (χ4n) is 3.50. The number of hydrogen-bond acceptors (Lipinski definition) is 4. The highest BCUT2D eigenvalue weighted by molar-refractivity contribution is 14.0. The monoisotopic (exact) mass is 488 g/mol. The molecule has 7 nitrogen and oxygen atoms in total. The molecule has 0 bridgehead atoms. The summed E-state index contributed by atoms with van der Waals surface area (Å²) in [6, 6.07) is 0. The molecule has 2 saturated heterocycles. The van der Waals surface area contributed by atoms with Crippen LogP contribution in [0.15, 0.2) is 4.99 Å². The first-order valence-corrected chi connectivity index (χ1v) is 10.8. The molecule has 2 heterocycles. The van der Waals surface area contributed by atoms with E-state index in [9.17, 15) is 8.42 Å². The van der Waals surface area contributed by atoms with E-state index in [1.165, 1.54) is 10.6 Å². The lowest BCUT2D eigenvalue weighted by atomic mass is 9.87. The highest BCUT2D eigenvalue weighted by Crippen LogP contribution is 2.38. The van der Waals surface area contributed by atoms with Crippen LogP contribution in [0.3, 0.4) is 0 Å². The number of ether oxygens (including phenoxy) is 1. The Hall–Kier alpha value is -0.130. The molecule has 1 spiro atoms. The van der Waals surface area contributed by atoms with Crippen molar-refractivity contribution >= 4 is 40.0 Å². The molecule has 0 aromatic rings. The lowest BCUT2D eigenvalue weighted by Gasteiger charge is -2.25. The van der Waals surface area contributed by atoms with Crippen LogP contribution in [0, 0.1) is 5.41 Å². The summed E-state index contributed by atoms with van der Waals surface area (Å²) in [6.07, 6.45) is 4.30. The molecule has 148 valence electrons. The molecule has 0 saturated carbocycles. The standard InChI is InChI=1S/C16H32N4O3S.HI/c1-4-17-15(18-9-6-10-20(5-2)24(3,21)22)19-11-7-16(13-19)8-12-23-14-16;/h4-14H2,1-3H3,(H,17,18);1H. The number of nitrogens with one attached hydrogen (secondary N) is 1. The maximum Gasteiger partial charge on any atom is 0.211 e. The van der Waals surface area contributed by atoms with Crippen molar-refractivity contribution in [2.24, 2.45) is 10.4 Å². The molecule has 1 N–H and O–H groups in total. The van der Waals surface area contributed by atoms with E-state index in [2.05, 4.69) is 17.1 Å². The molecule has 25 heavy (non-hydrogen) atoms. The molecule has 9 heteroatoms. The zero-order chi connectivity index (χ0) is 17.6. The van der Waals surface area contributed by atoms with Gasteiger partial charge in [-0.25, -0.2) is 12.7 Å². The van der Waals surface area contributed by atoms with Gasteiger partial charge < -0.3 is 15.0 Å². The predicted octanol–water partition coefficient (Wildman–Crippen LogP) is 1.35. The van der Waals surface area contributed by atoms with Gasteiger partial charge in [-0.3, -0.25) is 4.99 Å². The van der Waals surface area contributed by atoms with E-state index in [-0.39, 0.29) is 24.0 Å². The van der Waals surface area contributed by atoms with Crippen molar-refractivity contribution in [1.82, 2.24) is 14.5 Å². The summed E-state index contributed by atoms with van der Waals surface area (Å²) >= 11 is 0. The van der Waals surface area contributed by atoms with Crippen LogP contribution in [0.4, 0.5) is 0 Å². The Morgan fingerprint density at radius 3 is 2.68 bits per heavy atom. The predicted molar refractivity (Wildman–Crippen MR) is 112 cm³/mol. The van der Waals surface area contributed by atoms with Crippen molar-refractivity contribution in [3.05, 3.63) is 0 Å². The molecule has 0 aromatic heterocycles. The normalized spacial score (nSPS) is 24.2. The Bertz CT molecular complexity index is 535. The van der Waals surface area contributed by atoms with Crippen LogP contribution in [-0.2, 0) is 14.8 Å². The van der Waals surface area contributed by atoms with Gasteiger partial charge in [0.1, 0.15) is 0 Å². The van der Waals surface area contributed by atoms with Crippen molar-refractivity contribution in [3.63, 3.8) is 0 Å². The molecule has 1 atom stereocenters. The largest absolute Gasteiger partial charge is 0.381 e. The minimum absolute atomic E-state index is 0. The van der Waals surface area contributed by atoms with Crippen molar-refractivity contribution in [2.45, 2.75) is 33.1 Å². The fourth-order valence-corrected chi connectivity index (χ4v) is 4.43. The second-order valence-electron chi connectivity index (χ2n) is 6.82.